The van der Waals surface area contributed by atoms with Crippen molar-refractivity contribution in [3.8, 4) is 0 Å². The molecule has 2 rings (SSSR count). The number of methoxy groups -OCH3 is 1. The minimum Gasteiger partial charge on any atom is -0.467 e. The van der Waals surface area contributed by atoms with Crippen LogP contribution in [0.4, 0.5) is 5.69 Å². The van der Waals surface area contributed by atoms with E-state index in [0.717, 1.165) is 22.9 Å². The number of carbonyl (C=O) groups is 2. The predicted molar refractivity (Wildman–Crippen MR) is 101 cm³/mol. The van der Waals surface area contributed by atoms with Gasteiger partial charge in [0.25, 0.3) is 0 Å². The van der Waals surface area contributed by atoms with E-state index in [2.05, 4.69) is 17.4 Å². The van der Waals surface area contributed by atoms with Crippen LogP contribution in [0.3, 0.4) is 0 Å². The van der Waals surface area contributed by atoms with Gasteiger partial charge in [0, 0.05) is 12.7 Å². The molecule has 0 aliphatic rings. The van der Waals surface area contributed by atoms with E-state index >= 15 is 0 Å². The molecule has 2 aromatic carbocycles. The lowest BCUT2D eigenvalue weighted by atomic mass is 9.99. The molecule has 0 saturated heterocycles. The molecule has 0 aromatic heterocycles. The zero-order valence-corrected chi connectivity index (χ0v) is 15.3. The maximum Gasteiger partial charge on any atom is 0.328 e. The van der Waals surface area contributed by atoms with Gasteiger partial charge < -0.3 is 15.0 Å². The molecule has 0 spiro atoms. The van der Waals surface area contributed by atoms with Gasteiger partial charge in [0.2, 0.25) is 5.91 Å². The van der Waals surface area contributed by atoms with Crippen molar-refractivity contribution in [3.63, 3.8) is 0 Å². The van der Waals surface area contributed by atoms with Crippen molar-refractivity contribution < 1.29 is 14.3 Å². The molecule has 25 heavy (non-hydrogen) atoms. The highest BCUT2D eigenvalue weighted by Gasteiger charge is 2.26. The van der Waals surface area contributed by atoms with E-state index in [0.29, 0.717) is 0 Å². The quantitative estimate of drug-likeness (QED) is 0.786. The summed E-state index contributed by atoms with van der Waals surface area (Å²) in [5, 5.41) is 5.08. The summed E-state index contributed by atoms with van der Waals surface area (Å²) in [7, 11) is 3.20. The zero-order chi connectivity index (χ0) is 18.4. The first-order valence-electron chi connectivity index (χ1n) is 8.53. The highest BCUT2D eigenvalue weighted by Crippen LogP contribution is 2.21. The summed E-state index contributed by atoms with van der Waals surface area (Å²) in [4.78, 5) is 26.1. The number of hydrogen-bond donors (Lipinski definition) is 1. The number of carbonyl (C=O) groups excluding carboxylic acids is 2. The van der Waals surface area contributed by atoms with E-state index < -0.39 is 12.0 Å². The van der Waals surface area contributed by atoms with Gasteiger partial charge in [-0.05, 0) is 28.8 Å². The van der Waals surface area contributed by atoms with E-state index in [-0.39, 0.29) is 18.4 Å². The van der Waals surface area contributed by atoms with Gasteiger partial charge in [-0.25, -0.2) is 4.79 Å². The molecule has 0 saturated carbocycles. The van der Waals surface area contributed by atoms with Gasteiger partial charge in [0.05, 0.1) is 13.7 Å². The Morgan fingerprint density at radius 3 is 2.48 bits per heavy atom. The summed E-state index contributed by atoms with van der Waals surface area (Å²) in [6.45, 7) is 4.07. The maximum absolute atomic E-state index is 12.4. The summed E-state index contributed by atoms with van der Waals surface area (Å²) in [5.74, 6) is -0.593. The summed E-state index contributed by atoms with van der Waals surface area (Å²) in [6.07, 6.45) is 0.778. The van der Waals surface area contributed by atoms with Gasteiger partial charge in [-0.1, -0.05) is 50.6 Å². The van der Waals surface area contributed by atoms with Gasteiger partial charge in [-0.3, -0.25) is 4.79 Å². The lowest BCUT2D eigenvalue weighted by Gasteiger charge is -2.24. The van der Waals surface area contributed by atoms with Crippen LogP contribution in [0.5, 0.6) is 0 Å². The van der Waals surface area contributed by atoms with Crippen LogP contribution in [0.1, 0.15) is 20.3 Å². The van der Waals surface area contributed by atoms with Crippen LogP contribution in [0.25, 0.3) is 10.8 Å². The molecule has 0 bridgehead atoms. The molecule has 0 aliphatic carbocycles. The summed E-state index contributed by atoms with van der Waals surface area (Å²) in [6, 6.07) is 13.6. The lowest BCUT2D eigenvalue weighted by molar-refractivity contribution is -0.146. The Hall–Kier alpha value is -2.56. The topological polar surface area (TPSA) is 58.6 Å². The first kappa shape index (κ1) is 18.8. The normalized spacial score (nSPS) is 13.1. The number of nitrogens with one attached hydrogen (secondary N) is 1. The Kier molecular flexibility index (Phi) is 6.39. The van der Waals surface area contributed by atoms with Crippen LogP contribution in [-0.2, 0) is 14.3 Å². The van der Waals surface area contributed by atoms with Crippen molar-refractivity contribution in [2.24, 2.45) is 5.92 Å². The lowest BCUT2D eigenvalue weighted by Crippen LogP contribution is -2.48. The monoisotopic (exact) mass is 342 g/mol. The number of amides is 1. The van der Waals surface area contributed by atoms with Crippen molar-refractivity contribution in [2.45, 2.75) is 26.3 Å². The van der Waals surface area contributed by atoms with Gasteiger partial charge in [-0.15, -0.1) is 0 Å². The SMILES string of the molecule is CC[C@@H](C)[C@@H](NC(=O)CN(C)c1ccc2ccccc2c1)C(=O)OC. The smallest absolute Gasteiger partial charge is 0.328 e. The van der Waals surface area contributed by atoms with E-state index in [1.54, 1.807) is 0 Å². The second-order valence-electron chi connectivity index (χ2n) is 6.34. The average molecular weight is 342 g/mol. The number of ether oxygens (including phenoxy) is 1. The number of benzene rings is 2. The first-order chi connectivity index (χ1) is 12.0. The minimum absolute atomic E-state index is 0.0161. The van der Waals surface area contributed by atoms with Crippen molar-refractivity contribution in [2.75, 3.05) is 25.6 Å². The van der Waals surface area contributed by atoms with Crippen LogP contribution in [-0.4, -0.2) is 38.6 Å². The molecular weight excluding hydrogens is 316 g/mol. The molecule has 1 amide bonds. The first-order valence-corrected chi connectivity index (χ1v) is 8.53. The molecule has 1 N–H and O–H groups in total. The summed E-state index contributed by atoms with van der Waals surface area (Å²) < 4.78 is 4.81. The number of esters is 1. The Morgan fingerprint density at radius 2 is 1.84 bits per heavy atom. The number of hydrogen-bond acceptors (Lipinski definition) is 4. The van der Waals surface area contributed by atoms with Crippen LogP contribution >= 0.6 is 0 Å². The number of anilines is 1. The Balaban J connectivity index is 2.05. The molecule has 5 nitrogen and oxygen atoms in total. The van der Waals surface area contributed by atoms with E-state index in [4.69, 9.17) is 4.74 Å². The van der Waals surface area contributed by atoms with Crippen LogP contribution in [0.2, 0.25) is 0 Å². The van der Waals surface area contributed by atoms with Crippen molar-refractivity contribution >= 4 is 28.3 Å². The Morgan fingerprint density at radius 1 is 1.16 bits per heavy atom. The molecule has 0 unspecified atom stereocenters. The van der Waals surface area contributed by atoms with Crippen LogP contribution in [0, 0.1) is 5.92 Å². The van der Waals surface area contributed by atoms with Gasteiger partial charge in [0.1, 0.15) is 6.04 Å². The fourth-order valence-electron chi connectivity index (χ4n) is 2.74. The minimum atomic E-state index is -0.618. The molecule has 0 fully saturated rings. The standard InChI is InChI=1S/C20H26N2O3/c1-5-14(2)19(20(24)25-4)21-18(23)13-22(3)17-11-10-15-8-6-7-9-16(15)12-17/h6-12,14,19H,5,13H2,1-4H3,(H,21,23)/t14-,19-/m1/s1. The van der Waals surface area contributed by atoms with Crippen molar-refractivity contribution in [1.82, 2.24) is 5.32 Å². The van der Waals surface area contributed by atoms with Gasteiger partial charge >= 0.3 is 5.97 Å². The van der Waals surface area contributed by atoms with Gasteiger partial charge in [-0.2, -0.15) is 0 Å². The molecule has 0 radical (unpaired) electrons. The van der Waals surface area contributed by atoms with E-state index in [1.165, 1.54) is 7.11 Å². The molecule has 5 heteroatoms. The molecule has 0 heterocycles. The second kappa shape index (κ2) is 8.51. The highest BCUT2D eigenvalue weighted by molar-refractivity contribution is 5.89. The summed E-state index contributed by atoms with van der Waals surface area (Å²) >= 11 is 0. The summed E-state index contributed by atoms with van der Waals surface area (Å²) in [5.41, 5.74) is 0.951. The maximum atomic E-state index is 12.4. The molecule has 134 valence electrons. The number of likely N-dealkylation sites (N-methyl/N-ethyl adjacent to an activating group) is 1. The second-order valence-corrected chi connectivity index (χ2v) is 6.34. The Bertz CT molecular complexity index is 745. The third kappa shape index (κ3) is 4.72. The average Bonchev–Trinajstić information content (AvgIpc) is 2.64. The molecular formula is C20H26N2O3. The number of fused-ring (bicyclic) bond motifs is 1. The predicted octanol–water partition coefficient (Wildman–Crippen LogP) is 2.98. The number of nitrogens with zero attached hydrogens (tertiary/aromatic N) is 1. The van der Waals surface area contributed by atoms with Gasteiger partial charge in [0.15, 0.2) is 0 Å². The third-order valence-electron chi connectivity index (χ3n) is 4.54. The van der Waals surface area contributed by atoms with E-state index in [9.17, 15) is 9.59 Å². The largest absolute Gasteiger partial charge is 0.467 e. The zero-order valence-electron chi connectivity index (χ0n) is 15.3. The molecule has 0 aliphatic heterocycles. The molecule has 2 aromatic rings. The van der Waals surface area contributed by atoms with Crippen molar-refractivity contribution in [3.05, 3.63) is 42.5 Å². The molecule has 2 atom stereocenters. The highest BCUT2D eigenvalue weighted by atomic mass is 16.5. The third-order valence-corrected chi connectivity index (χ3v) is 4.54. The fraction of sp³-hybridized carbons (Fsp3) is 0.400. The van der Waals surface area contributed by atoms with Crippen LogP contribution < -0.4 is 10.2 Å². The van der Waals surface area contributed by atoms with Crippen molar-refractivity contribution in [1.29, 1.82) is 0 Å². The number of rotatable bonds is 7. The van der Waals surface area contributed by atoms with E-state index in [1.807, 2.05) is 56.1 Å². The Labute approximate surface area is 149 Å². The fourth-order valence-corrected chi connectivity index (χ4v) is 2.74. The van der Waals surface area contributed by atoms with Crippen LogP contribution in [0.15, 0.2) is 42.5 Å².